The first-order valence-corrected chi connectivity index (χ1v) is 9.40. The Morgan fingerprint density at radius 1 is 1.00 bits per heavy atom. The molecule has 1 aromatic heterocycles. The highest BCUT2D eigenvalue weighted by Crippen LogP contribution is 2.36. The minimum Gasteiger partial charge on any atom is -0.354 e. The van der Waals surface area contributed by atoms with Gasteiger partial charge in [-0.2, -0.15) is 26.3 Å². The number of hydrogen-bond acceptors (Lipinski definition) is 4. The highest BCUT2D eigenvalue weighted by molar-refractivity contribution is 5.94. The van der Waals surface area contributed by atoms with Crippen molar-refractivity contribution in [2.75, 3.05) is 38.1 Å². The normalized spacial score (nSPS) is 15.8. The SMILES string of the molecule is CN1CCN(c2ncccc2CNC(=O)c2cc(C(F)(F)F)cc(C(F)(F)F)c2)CC1. The van der Waals surface area contributed by atoms with Crippen LogP contribution in [0.3, 0.4) is 0 Å². The third-order valence-corrected chi connectivity index (χ3v) is 4.96. The molecule has 1 aliphatic heterocycles. The van der Waals surface area contributed by atoms with Crippen LogP contribution in [0.1, 0.15) is 27.0 Å². The van der Waals surface area contributed by atoms with Crippen molar-refractivity contribution in [3.8, 4) is 0 Å². The van der Waals surface area contributed by atoms with Gasteiger partial charge >= 0.3 is 12.4 Å². The van der Waals surface area contributed by atoms with Gasteiger partial charge in [-0.15, -0.1) is 0 Å². The predicted molar refractivity (Wildman–Crippen MR) is 102 cm³/mol. The molecule has 3 rings (SSSR count). The second-order valence-corrected chi connectivity index (χ2v) is 7.25. The number of nitrogens with zero attached hydrogens (tertiary/aromatic N) is 3. The van der Waals surface area contributed by atoms with E-state index in [-0.39, 0.29) is 12.6 Å². The maximum absolute atomic E-state index is 13.0. The molecule has 0 unspecified atom stereocenters. The highest BCUT2D eigenvalue weighted by atomic mass is 19.4. The van der Waals surface area contributed by atoms with Gasteiger partial charge in [0.25, 0.3) is 5.91 Å². The van der Waals surface area contributed by atoms with Gasteiger partial charge < -0.3 is 15.1 Å². The fourth-order valence-corrected chi connectivity index (χ4v) is 3.23. The lowest BCUT2D eigenvalue weighted by Crippen LogP contribution is -2.45. The Bertz CT molecular complexity index is 904. The van der Waals surface area contributed by atoms with E-state index in [9.17, 15) is 31.1 Å². The zero-order chi connectivity index (χ0) is 22.8. The van der Waals surface area contributed by atoms with Gasteiger partial charge in [-0.05, 0) is 31.3 Å². The summed E-state index contributed by atoms with van der Waals surface area (Å²) >= 11 is 0. The van der Waals surface area contributed by atoms with Gasteiger partial charge in [-0.25, -0.2) is 4.98 Å². The predicted octanol–water partition coefficient (Wildman–Crippen LogP) is 3.80. The van der Waals surface area contributed by atoms with Crippen LogP contribution in [-0.4, -0.2) is 49.0 Å². The number of likely N-dealkylation sites (N-methyl/N-ethyl adjacent to an activating group) is 1. The van der Waals surface area contributed by atoms with Crippen LogP contribution < -0.4 is 10.2 Å². The Labute approximate surface area is 174 Å². The molecule has 1 amide bonds. The Balaban J connectivity index is 1.80. The van der Waals surface area contributed by atoms with Gasteiger partial charge in [0.1, 0.15) is 5.82 Å². The maximum Gasteiger partial charge on any atom is 0.416 e. The number of pyridine rings is 1. The van der Waals surface area contributed by atoms with E-state index >= 15 is 0 Å². The van der Waals surface area contributed by atoms with Crippen molar-refractivity contribution in [2.45, 2.75) is 18.9 Å². The summed E-state index contributed by atoms with van der Waals surface area (Å²) in [4.78, 5) is 20.9. The summed E-state index contributed by atoms with van der Waals surface area (Å²) in [5.41, 5.74) is -3.17. The minimum atomic E-state index is -5.02. The molecule has 0 aliphatic carbocycles. The summed E-state index contributed by atoms with van der Waals surface area (Å²) in [7, 11) is 1.99. The van der Waals surface area contributed by atoms with E-state index in [1.54, 1.807) is 18.3 Å². The average Bonchev–Trinajstić information content (AvgIpc) is 2.71. The summed E-state index contributed by atoms with van der Waals surface area (Å²) in [5.74, 6) is -0.416. The molecule has 1 aromatic carbocycles. The zero-order valence-electron chi connectivity index (χ0n) is 16.5. The van der Waals surface area contributed by atoms with E-state index in [1.807, 2.05) is 11.9 Å². The van der Waals surface area contributed by atoms with Crippen LogP contribution in [-0.2, 0) is 18.9 Å². The topological polar surface area (TPSA) is 48.5 Å². The number of carbonyl (C=O) groups excluding carboxylic acids is 1. The van der Waals surface area contributed by atoms with Crippen molar-refractivity contribution in [3.63, 3.8) is 0 Å². The maximum atomic E-state index is 13.0. The second-order valence-electron chi connectivity index (χ2n) is 7.25. The Morgan fingerprint density at radius 2 is 1.58 bits per heavy atom. The molecule has 1 aliphatic rings. The summed E-state index contributed by atoms with van der Waals surface area (Å²) in [6, 6.07) is 4.16. The van der Waals surface area contributed by atoms with Crippen LogP contribution in [0.5, 0.6) is 0 Å². The summed E-state index contributed by atoms with van der Waals surface area (Å²) in [5, 5.41) is 2.41. The molecule has 0 saturated carbocycles. The van der Waals surface area contributed by atoms with Gasteiger partial charge in [0.15, 0.2) is 0 Å². The van der Waals surface area contributed by atoms with Crippen LogP contribution in [0.15, 0.2) is 36.5 Å². The van der Waals surface area contributed by atoms with Crippen molar-refractivity contribution in [3.05, 3.63) is 58.8 Å². The van der Waals surface area contributed by atoms with E-state index in [1.165, 1.54) is 0 Å². The third-order valence-electron chi connectivity index (χ3n) is 4.96. The number of aromatic nitrogens is 1. The van der Waals surface area contributed by atoms with Crippen molar-refractivity contribution in [1.82, 2.24) is 15.2 Å². The lowest BCUT2D eigenvalue weighted by molar-refractivity contribution is -0.143. The summed E-state index contributed by atoms with van der Waals surface area (Å²) < 4.78 is 78.1. The van der Waals surface area contributed by atoms with E-state index in [4.69, 9.17) is 0 Å². The molecule has 2 aromatic rings. The van der Waals surface area contributed by atoms with Crippen molar-refractivity contribution in [1.29, 1.82) is 0 Å². The molecule has 0 atom stereocenters. The largest absolute Gasteiger partial charge is 0.416 e. The molecule has 11 heteroatoms. The fourth-order valence-electron chi connectivity index (χ4n) is 3.23. The number of piperazine rings is 1. The van der Waals surface area contributed by atoms with E-state index in [2.05, 4.69) is 15.2 Å². The Morgan fingerprint density at radius 3 is 2.13 bits per heavy atom. The van der Waals surface area contributed by atoms with Gasteiger partial charge in [-0.3, -0.25) is 4.79 Å². The fraction of sp³-hybridized carbons (Fsp3) is 0.400. The molecule has 1 saturated heterocycles. The number of carbonyl (C=O) groups is 1. The summed E-state index contributed by atoms with van der Waals surface area (Å²) in [6.45, 7) is 2.94. The molecule has 0 spiro atoms. The first kappa shape index (κ1) is 22.9. The van der Waals surface area contributed by atoms with Crippen molar-refractivity contribution < 1.29 is 31.1 Å². The highest BCUT2D eigenvalue weighted by Gasteiger charge is 2.37. The monoisotopic (exact) mass is 446 g/mol. The molecule has 0 radical (unpaired) electrons. The Hall–Kier alpha value is -2.82. The molecule has 31 heavy (non-hydrogen) atoms. The summed E-state index contributed by atoms with van der Waals surface area (Å²) in [6.07, 6.45) is -8.45. The van der Waals surface area contributed by atoms with Crippen LogP contribution in [0.25, 0.3) is 0 Å². The quantitative estimate of drug-likeness (QED) is 0.726. The number of benzene rings is 1. The van der Waals surface area contributed by atoms with Gasteiger partial charge in [0.05, 0.1) is 11.1 Å². The average molecular weight is 446 g/mol. The first-order valence-electron chi connectivity index (χ1n) is 9.40. The molecule has 1 N–H and O–H groups in total. The molecule has 2 heterocycles. The lowest BCUT2D eigenvalue weighted by atomic mass is 10.0. The van der Waals surface area contributed by atoms with Gasteiger partial charge in [-0.1, -0.05) is 6.07 Å². The third kappa shape index (κ3) is 5.66. The van der Waals surface area contributed by atoms with Gasteiger partial charge in [0.2, 0.25) is 0 Å². The molecular weight excluding hydrogens is 426 g/mol. The minimum absolute atomic E-state index is 0.0105. The molecule has 5 nitrogen and oxygen atoms in total. The van der Waals surface area contributed by atoms with Crippen LogP contribution in [0, 0.1) is 0 Å². The first-order chi connectivity index (χ1) is 14.4. The zero-order valence-corrected chi connectivity index (χ0v) is 16.5. The Kier molecular flexibility index (Phi) is 6.44. The van der Waals surface area contributed by atoms with E-state index < -0.39 is 35.0 Å². The second kappa shape index (κ2) is 8.74. The number of nitrogens with one attached hydrogen (secondary N) is 1. The molecule has 168 valence electrons. The van der Waals surface area contributed by atoms with Crippen molar-refractivity contribution in [2.24, 2.45) is 0 Å². The van der Waals surface area contributed by atoms with Crippen LogP contribution in [0.4, 0.5) is 32.2 Å². The number of anilines is 1. The number of halogens is 6. The van der Waals surface area contributed by atoms with Crippen LogP contribution in [0.2, 0.25) is 0 Å². The number of rotatable bonds is 4. The van der Waals surface area contributed by atoms with Crippen LogP contribution >= 0.6 is 0 Å². The number of alkyl halides is 6. The molecule has 0 bridgehead atoms. The van der Waals surface area contributed by atoms with E-state index in [0.29, 0.717) is 36.6 Å². The van der Waals surface area contributed by atoms with E-state index in [0.717, 1.165) is 13.1 Å². The standard InChI is InChI=1S/C20H20F6N4O/c1-29-5-7-30(8-6-29)17-13(3-2-4-27-17)12-28-18(31)14-9-15(19(21,22)23)11-16(10-14)20(24,25)26/h2-4,9-11H,5-8,12H2,1H3,(H,28,31). The number of amides is 1. The lowest BCUT2D eigenvalue weighted by Gasteiger charge is -2.34. The van der Waals surface area contributed by atoms with Crippen molar-refractivity contribution >= 4 is 11.7 Å². The molecule has 1 fully saturated rings. The molecular formula is C20H20F6N4O. The van der Waals surface area contributed by atoms with Gasteiger partial charge in [0, 0.05) is 50.0 Å². The number of hydrogen-bond donors (Lipinski definition) is 1. The smallest absolute Gasteiger partial charge is 0.354 e.